The molecule has 0 bridgehead atoms. The van der Waals surface area contributed by atoms with Gasteiger partial charge in [0.25, 0.3) is 0 Å². The minimum absolute atomic E-state index is 0.0111. The predicted molar refractivity (Wildman–Crippen MR) is 58.8 cm³/mol. The molecule has 1 aromatic rings. The number of rotatable bonds is 3. The van der Waals surface area contributed by atoms with Crippen molar-refractivity contribution in [2.24, 2.45) is 0 Å². The smallest absolute Gasteiger partial charge is 0.175 e. The van der Waals surface area contributed by atoms with Gasteiger partial charge in [-0.1, -0.05) is 29.5 Å². The fraction of sp³-hybridized carbons (Fsp3) is 0.300. The Balaban J connectivity index is 2.83. The molecule has 1 atom stereocenters. The molecule has 1 unspecified atom stereocenters. The lowest BCUT2D eigenvalue weighted by Crippen LogP contribution is -2.12. The molecule has 0 aliphatic rings. The highest BCUT2D eigenvalue weighted by molar-refractivity contribution is 14.1. The summed E-state index contributed by atoms with van der Waals surface area (Å²) in [6.07, 6.45) is 0.802. The summed E-state index contributed by atoms with van der Waals surface area (Å²) in [5.41, 5.74) is 0.586. The maximum atomic E-state index is 12.5. The molecular formula is C10H10FIO. The molecule has 1 aromatic carbocycles. The molecule has 0 fully saturated rings. The van der Waals surface area contributed by atoms with Gasteiger partial charge < -0.3 is 0 Å². The fourth-order valence-electron chi connectivity index (χ4n) is 0.980. The van der Waals surface area contributed by atoms with Crippen LogP contribution in [0.3, 0.4) is 0 Å². The predicted octanol–water partition coefficient (Wildman–Crippen LogP) is 3.22. The number of alkyl halides is 1. The molecule has 3 heteroatoms. The minimum atomic E-state index is -0.307. The van der Waals surface area contributed by atoms with Gasteiger partial charge in [0.15, 0.2) is 5.78 Å². The summed E-state index contributed by atoms with van der Waals surface area (Å²) in [5, 5.41) is 0. The van der Waals surface area contributed by atoms with Crippen molar-refractivity contribution in [3.05, 3.63) is 35.6 Å². The third kappa shape index (κ3) is 2.76. The van der Waals surface area contributed by atoms with E-state index in [-0.39, 0.29) is 15.5 Å². The first-order valence-corrected chi connectivity index (χ1v) is 5.33. The van der Waals surface area contributed by atoms with Crippen molar-refractivity contribution in [2.75, 3.05) is 0 Å². The van der Waals surface area contributed by atoms with Gasteiger partial charge in [-0.05, 0) is 30.7 Å². The average molecular weight is 292 g/mol. The largest absolute Gasteiger partial charge is 0.293 e. The normalized spacial score (nSPS) is 12.5. The van der Waals surface area contributed by atoms with Gasteiger partial charge in [0, 0.05) is 5.56 Å². The van der Waals surface area contributed by atoms with E-state index in [1.165, 1.54) is 24.3 Å². The van der Waals surface area contributed by atoms with Crippen LogP contribution < -0.4 is 0 Å². The number of halogens is 2. The Morgan fingerprint density at radius 3 is 2.46 bits per heavy atom. The lowest BCUT2D eigenvalue weighted by molar-refractivity contribution is 0.0993. The highest BCUT2D eigenvalue weighted by Crippen LogP contribution is 2.14. The second-order valence-corrected chi connectivity index (χ2v) is 4.25. The van der Waals surface area contributed by atoms with Crippen molar-refractivity contribution in [3.8, 4) is 0 Å². The molecule has 0 aliphatic carbocycles. The van der Waals surface area contributed by atoms with E-state index < -0.39 is 0 Å². The third-order valence-electron chi connectivity index (χ3n) is 1.77. The van der Waals surface area contributed by atoms with Crippen LogP contribution in [0.15, 0.2) is 24.3 Å². The van der Waals surface area contributed by atoms with Gasteiger partial charge in [-0.25, -0.2) is 4.39 Å². The lowest BCUT2D eigenvalue weighted by Gasteiger charge is -2.04. The Morgan fingerprint density at radius 2 is 2.00 bits per heavy atom. The summed E-state index contributed by atoms with van der Waals surface area (Å²) in [6, 6.07) is 5.68. The molecule has 0 saturated carbocycles. The first kappa shape index (κ1) is 10.6. The Bertz CT molecular complexity index is 294. The average Bonchev–Trinajstić information content (AvgIpc) is 2.17. The SMILES string of the molecule is CCC(I)C(=O)c1ccc(F)cc1. The quantitative estimate of drug-likeness (QED) is 0.475. The molecule has 1 rings (SSSR count). The maximum Gasteiger partial charge on any atom is 0.175 e. The summed E-state index contributed by atoms with van der Waals surface area (Å²) in [4.78, 5) is 11.6. The minimum Gasteiger partial charge on any atom is -0.293 e. The summed E-state index contributed by atoms with van der Waals surface area (Å²) in [6.45, 7) is 1.96. The van der Waals surface area contributed by atoms with Crippen molar-refractivity contribution in [1.29, 1.82) is 0 Å². The molecular weight excluding hydrogens is 282 g/mol. The van der Waals surface area contributed by atoms with Crippen LogP contribution >= 0.6 is 22.6 Å². The molecule has 0 amide bonds. The molecule has 1 nitrogen and oxygen atoms in total. The van der Waals surface area contributed by atoms with E-state index in [1.54, 1.807) is 0 Å². The van der Waals surface area contributed by atoms with Crippen LogP contribution in [0, 0.1) is 5.82 Å². The van der Waals surface area contributed by atoms with Gasteiger partial charge in [0.05, 0.1) is 3.92 Å². The highest BCUT2D eigenvalue weighted by atomic mass is 127. The summed E-state index contributed by atoms with van der Waals surface area (Å²) < 4.78 is 12.5. The number of benzene rings is 1. The number of carbonyl (C=O) groups excluding carboxylic acids is 1. The fourth-order valence-corrected chi connectivity index (χ4v) is 1.34. The molecule has 0 spiro atoms. The number of Topliss-reactive ketones (excluding diaryl/α,β-unsaturated/α-hetero) is 1. The molecule has 0 heterocycles. The number of ketones is 1. The first-order valence-electron chi connectivity index (χ1n) is 4.09. The topological polar surface area (TPSA) is 17.1 Å². The van der Waals surface area contributed by atoms with E-state index >= 15 is 0 Å². The van der Waals surface area contributed by atoms with Gasteiger partial charge in [0.1, 0.15) is 5.82 Å². The second kappa shape index (κ2) is 4.69. The van der Waals surface area contributed by atoms with Crippen LogP contribution in [0.4, 0.5) is 4.39 Å². The Labute approximate surface area is 90.5 Å². The van der Waals surface area contributed by atoms with E-state index in [1.807, 2.05) is 6.92 Å². The van der Waals surface area contributed by atoms with E-state index in [9.17, 15) is 9.18 Å². The maximum absolute atomic E-state index is 12.5. The van der Waals surface area contributed by atoms with Crippen LogP contribution in [0.25, 0.3) is 0 Å². The zero-order chi connectivity index (χ0) is 9.84. The van der Waals surface area contributed by atoms with Crippen molar-refractivity contribution in [1.82, 2.24) is 0 Å². The van der Waals surface area contributed by atoms with Crippen LogP contribution in [0.1, 0.15) is 23.7 Å². The standard InChI is InChI=1S/C10H10FIO/c1-2-9(12)10(13)7-3-5-8(11)6-4-7/h3-6,9H,2H2,1H3. The molecule has 0 aliphatic heterocycles. The summed E-state index contributed by atoms with van der Waals surface area (Å²) in [7, 11) is 0. The van der Waals surface area contributed by atoms with Gasteiger partial charge in [-0.3, -0.25) is 4.79 Å². The lowest BCUT2D eigenvalue weighted by atomic mass is 10.1. The van der Waals surface area contributed by atoms with E-state index in [4.69, 9.17) is 0 Å². The van der Waals surface area contributed by atoms with Crippen molar-refractivity contribution >= 4 is 28.4 Å². The molecule has 70 valence electrons. The van der Waals surface area contributed by atoms with Crippen molar-refractivity contribution in [3.63, 3.8) is 0 Å². The molecule has 0 aromatic heterocycles. The zero-order valence-corrected chi connectivity index (χ0v) is 9.42. The van der Waals surface area contributed by atoms with Gasteiger partial charge in [-0.15, -0.1) is 0 Å². The van der Waals surface area contributed by atoms with Gasteiger partial charge >= 0.3 is 0 Å². The van der Waals surface area contributed by atoms with Crippen LogP contribution in [-0.2, 0) is 0 Å². The van der Waals surface area contributed by atoms with Crippen LogP contribution in [0.2, 0.25) is 0 Å². The Morgan fingerprint density at radius 1 is 1.46 bits per heavy atom. The second-order valence-electron chi connectivity index (χ2n) is 2.75. The van der Waals surface area contributed by atoms with Crippen LogP contribution in [-0.4, -0.2) is 9.71 Å². The first-order chi connectivity index (χ1) is 6.15. The molecule has 13 heavy (non-hydrogen) atoms. The number of hydrogen-bond donors (Lipinski definition) is 0. The summed E-state index contributed by atoms with van der Waals surface area (Å²) >= 11 is 2.10. The van der Waals surface area contributed by atoms with Crippen molar-refractivity contribution < 1.29 is 9.18 Å². The molecule has 0 radical (unpaired) electrons. The van der Waals surface area contributed by atoms with E-state index in [0.717, 1.165) is 6.42 Å². The van der Waals surface area contributed by atoms with Gasteiger partial charge in [-0.2, -0.15) is 0 Å². The molecule has 0 saturated heterocycles. The number of carbonyl (C=O) groups is 1. The Kier molecular flexibility index (Phi) is 3.84. The molecule has 0 N–H and O–H groups in total. The van der Waals surface area contributed by atoms with Crippen molar-refractivity contribution in [2.45, 2.75) is 17.3 Å². The van der Waals surface area contributed by atoms with E-state index in [0.29, 0.717) is 5.56 Å². The zero-order valence-electron chi connectivity index (χ0n) is 7.26. The van der Waals surface area contributed by atoms with Crippen LogP contribution in [0.5, 0.6) is 0 Å². The highest BCUT2D eigenvalue weighted by Gasteiger charge is 2.14. The monoisotopic (exact) mass is 292 g/mol. The Hall–Kier alpha value is -0.450. The number of hydrogen-bond acceptors (Lipinski definition) is 1. The van der Waals surface area contributed by atoms with E-state index in [2.05, 4.69) is 22.6 Å². The summed E-state index contributed by atoms with van der Waals surface area (Å²) in [5.74, 6) is -0.235. The third-order valence-corrected chi connectivity index (χ3v) is 3.22. The van der Waals surface area contributed by atoms with Gasteiger partial charge in [0.2, 0.25) is 0 Å².